The third kappa shape index (κ3) is 2.43. The first-order chi connectivity index (χ1) is 6.08. The molecule has 1 aliphatic rings. The van der Waals surface area contributed by atoms with Crippen LogP contribution in [0.15, 0.2) is 12.2 Å². The Hall–Kier alpha value is -0.590. The second kappa shape index (κ2) is 4.08. The SMILES string of the molecule is C[C@H]1CCCC(C)(C)[C@@H]1/C=C/C=O. The second-order valence-corrected chi connectivity index (χ2v) is 4.90. The molecule has 0 aromatic heterocycles. The van der Waals surface area contributed by atoms with Crippen LogP contribution in [0.25, 0.3) is 0 Å². The van der Waals surface area contributed by atoms with E-state index in [4.69, 9.17) is 0 Å². The molecule has 13 heavy (non-hydrogen) atoms. The minimum Gasteiger partial charge on any atom is -0.299 e. The Morgan fingerprint density at radius 3 is 2.62 bits per heavy atom. The lowest BCUT2D eigenvalue weighted by molar-refractivity contribution is -0.104. The molecule has 0 amide bonds. The zero-order chi connectivity index (χ0) is 9.90. The van der Waals surface area contributed by atoms with E-state index >= 15 is 0 Å². The molecule has 1 heteroatoms. The molecule has 74 valence electrons. The predicted molar refractivity (Wildman–Crippen MR) is 55.5 cm³/mol. The Balaban J connectivity index is 2.74. The molecule has 0 aromatic rings. The van der Waals surface area contributed by atoms with Crippen LogP contribution >= 0.6 is 0 Å². The van der Waals surface area contributed by atoms with Gasteiger partial charge in [0.15, 0.2) is 0 Å². The van der Waals surface area contributed by atoms with E-state index in [0.717, 1.165) is 12.2 Å². The van der Waals surface area contributed by atoms with Crippen LogP contribution in [-0.2, 0) is 4.79 Å². The largest absolute Gasteiger partial charge is 0.299 e. The molecular weight excluding hydrogens is 160 g/mol. The highest BCUT2D eigenvalue weighted by atomic mass is 16.1. The normalized spacial score (nSPS) is 33.5. The van der Waals surface area contributed by atoms with Crippen molar-refractivity contribution >= 4 is 6.29 Å². The molecular formula is C12H20O. The summed E-state index contributed by atoms with van der Waals surface area (Å²) in [6.07, 6.45) is 8.56. The molecule has 1 fully saturated rings. The Kier molecular flexibility index (Phi) is 3.29. The summed E-state index contributed by atoms with van der Waals surface area (Å²) in [4.78, 5) is 10.3. The van der Waals surface area contributed by atoms with Crippen molar-refractivity contribution in [2.24, 2.45) is 17.3 Å². The van der Waals surface area contributed by atoms with Crippen LogP contribution < -0.4 is 0 Å². The fourth-order valence-corrected chi connectivity index (χ4v) is 2.61. The van der Waals surface area contributed by atoms with Gasteiger partial charge in [0, 0.05) is 0 Å². The molecule has 0 aromatic carbocycles. The number of carbonyl (C=O) groups excluding carboxylic acids is 1. The second-order valence-electron chi connectivity index (χ2n) is 4.90. The van der Waals surface area contributed by atoms with Crippen LogP contribution in [0, 0.1) is 17.3 Å². The van der Waals surface area contributed by atoms with E-state index in [1.54, 1.807) is 6.08 Å². The smallest absolute Gasteiger partial charge is 0.142 e. The van der Waals surface area contributed by atoms with Gasteiger partial charge in [-0.05, 0) is 29.7 Å². The lowest BCUT2D eigenvalue weighted by atomic mass is 9.64. The maximum Gasteiger partial charge on any atom is 0.142 e. The van der Waals surface area contributed by atoms with Crippen molar-refractivity contribution in [1.29, 1.82) is 0 Å². The number of hydrogen-bond acceptors (Lipinski definition) is 1. The molecule has 1 nitrogen and oxygen atoms in total. The van der Waals surface area contributed by atoms with E-state index in [-0.39, 0.29) is 0 Å². The number of rotatable bonds is 2. The molecule has 0 aliphatic heterocycles. The number of carbonyl (C=O) groups is 1. The molecule has 2 atom stereocenters. The van der Waals surface area contributed by atoms with Gasteiger partial charge in [0.2, 0.25) is 0 Å². The summed E-state index contributed by atoms with van der Waals surface area (Å²) in [5.41, 5.74) is 0.372. The van der Waals surface area contributed by atoms with Crippen molar-refractivity contribution in [2.45, 2.75) is 40.0 Å². The molecule has 1 saturated carbocycles. The zero-order valence-corrected chi connectivity index (χ0v) is 8.92. The van der Waals surface area contributed by atoms with Gasteiger partial charge in [-0.15, -0.1) is 0 Å². The van der Waals surface area contributed by atoms with Gasteiger partial charge < -0.3 is 0 Å². The van der Waals surface area contributed by atoms with Gasteiger partial charge in [0.1, 0.15) is 6.29 Å². The van der Waals surface area contributed by atoms with E-state index in [1.165, 1.54) is 19.3 Å². The molecule has 1 aliphatic carbocycles. The van der Waals surface area contributed by atoms with E-state index in [9.17, 15) is 4.79 Å². The Labute approximate surface area is 81.2 Å². The highest BCUT2D eigenvalue weighted by Gasteiger charge is 2.34. The minimum atomic E-state index is 0.372. The molecule has 0 saturated heterocycles. The number of hydrogen-bond donors (Lipinski definition) is 0. The summed E-state index contributed by atoms with van der Waals surface area (Å²) < 4.78 is 0. The summed E-state index contributed by atoms with van der Waals surface area (Å²) in [6.45, 7) is 6.91. The third-order valence-corrected chi connectivity index (χ3v) is 3.39. The highest BCUT2D eigenvalue weighted by Crippen LogP contribution is 2.44. The molecule has 0 N–H and O–H groups in total. The van der Waals surface area contributed by atoms with E-state index in [2.05, 4.69) is 26.8 Å². The molecule has 0 spiro atoms. The molecule has 1 rings (SSSR count). The van der Waals surface area contributed by atoms with Crippen molar-refractivity contribution in [3.05, 3.63) is 12.2 Å². The number of aldehydes is 1. The van der Waals surface area contributed by atoms with Gasteiger partial charge in [0.25, 0.3) is 0 Å². The lowest BCUT2D eigenvalue weighted by Gasteiger charge is -2.41. The van der Waals surface area contributed by atoms with Crippen LogP contribution in [0.4, 0.5) is 0 Å². The third-order valence-electron chi connectivity index (χ3n) is 3.39. The van der Waals surface area contributed by atoms with E-state index in [1.807, 2.05) is 0 Å². The topological polar surface area (TPSA) is 17.1 Å². The van der Waals surface area contributed by atoms with Gasteiger partial charge in [-0.1, -0.05) is 39.7 Å². The van der Waals surface area contributed by atoms with Crippen LogP contribution in [0.3, 0.4) is 0 Å². The summed E-state index contributed by atoms with van der Waals surface area (Å²) in [5.74, 6) is 1.30. The van der Waals surface area contributed by atoms with Crippen molar-refractivity contribution < 1.29 is 4.79 Å². The minimum absolute atomic E-state index is 0.372. The monoisotopic (exact) mass is 180 g/mol. The van der Waals surface area contributed by atoms with Gasteiger partial charge in [-0.3, -0.25) is 4.79 Å². The summed E-state index contributed by atoms with van der Waals surface area (Å²) >= 11 is 0. The Morgan fingerprint density at radius 1 is 1.38 bits per heavy atom. The van der Waals surface area contributed by atoms with E-state index < -0.39 is 0 Å². The van der Waals surface area contributed by atoms with Gasteiger partial charge in [-0.2, -0.15) is 0 Å². The predicted octanol–water partition coefficient (Wildman–Crippen LogP) is 3.20. The van der Waals surface area contributed by atoms with Crippen LogP contribution in [0.2, 0.25) is 0 Å². The first-order valence-corrected chi connectivity index (χ1v) is 5.20. The van der Waals surface area contributed by atoms with E-state index in [0.29, 0.717) is 11.3 Å². The van der Waals surface area contributed by atoms with Crippen molar-refractivity contribution in [1.82, 2.24) is 0 Å². The van der Waals surface area contributed by atoms with Gasteiger partial charge in [-0.25, -0.2) is 0 Å². The maximum atomic E-state index is 10.3. The number of allylic oxidation sites excluding steroid dienone is 2. The summed E-state index contributed by atoms with van der Waals surface area (Å²) in [5, 5.41) is 0. The standard InChI is InChI=1S/C12H20O/c1-10-6-4-8-12(2,3)11(10)7-5-9-13/h5,7,9-11H,4,6,8H2,1-3H3/b7-5+/t10-,11+/m0/s1. The summed E-state index contributed by atoms with van der Waals surface area (Å²) in [7, 11) is 0. The average molecular weight is 180 g/mol. The van der Waals surface area contributed by atoms with Crippen LogP contribution in [0.5, 0.6) is 0 Å². The first-order valence-electron chi connectivity index (χ1n) is 5.20. The van der Waals surface area contributed by atoms with Crippen LogP contribution in [0.1, 0.15) is 40.0 Å². The van der Waals surface area contributed by atoms with Crippen LogP contribution in [-0.4, -0.2) is 6.29 Å². The Morgan fingerprint density at radius 2 is 2.08 bits per heavy atom. The highest BCUT2D eigenvalue weighted by molar-refractivity contribution is 5.64. The molecule has 0 bridgehead atoms. The maximum absolute atomic E-state index is 10.3. The lowest BCUT2D eigenvalue weighted by Crippen LogP contribution is -2.32. The molecule has 0 radical (unpaired) electrons. The quantitative estimate of drug-likeness (QED) is 0.471. The van der Waals surface area contributed by atoms with Gasteiger partial charge in [0.05, 0.1) is 0 Å². The first kappa shape index (κ1) is 10.5. The van der Waals surface area contributed by atoms with Crippen molar-refractivity contribution in [3.63, 3.8) is 0 Å². The fraction of sp³-hybridized carbons (Fsp3) is 0.750. The Bertz CT molecular complexity index is 203. The molecule has 0 heterocycles. The summed E-state index contributed by atoms with van der Waals surface area (Å²) in [6, 6.07) is 0. The average Bonchev–Trinajstić information content (AvgIpc) is 2.02. The fourth-order valence-electron chi connectivity index (χ4n) is 2.61. The van der Waals surface area contributed by atoms with Crippen molar-refractivity contribution in [2.75, 3.05) is 0 Å². The van der Waals surface area contributed by atoms with Gasteiger partial charge >= 0.3 is 0 Å². The molecule has 0 unspecified atom stereocenters. The zero-order valence-electron chi connectivity index (χ0n) is 8.92. The van der Waals surface area contributed by atoms with Crippen molar-refractivity contribution in [3.8, 4) is 0 Å².